The van der Waals surface area contributed by atoms with Crippen LogP contribution in [0, 0.1) is 11.7 Å². The van der Waals surface area contributed by atoms with Crippen LogP contribution in [0.3, 0.4) is 0 Å². The molecular formula is C18H18ClFO. The van der Waals surface area contributed by atoms with Crippen LogP contribution in [0.15, 0.2) is 42.5 Å². The van der Waals surface area contributed by atoms with Gasteiger partial charge in [-0.05, 0) is 60.4 Å². The Labute approximate surface area is 129 Å². The monoisotopic (exact) mass is 304 g/mol. The fraction of sp³-hybridized carbons (Fsp3) is 0.333. The van der Waals surface area contributed by atoms with Crippen molar-refractivity contribution in [1.82, 2.24) is 0 Å². The zero-order chi connectivity index (χ0) is 14.8. The van der Waals surface area contributed by atoms with E-state index in [2.05, 4.69) is 18.2 Å². The molecule has 2 unspecified atom stereocenters. The number of aryl methyl sites for hydroxylation is 1. The molecule has 0 saturated carbocycles. The number of aliphatic hydroxyl groups excluding tert-OH is 1. The maximum atomic E-state index is 13.2. The molecule has 3 rings (SSSR count). The fourth-order valence-corrected chi connectivity index (χ4v) is 3.33. The Morgan fingerprint density at radius 2 is 1.95 bits per heavy atom. The van der Waals surface area contributed by atoms with Gasteiger partial charge in [-0.2, -0.15) is 0 Å². The molecule has 0 aliphatic heterocycles. The Morgan fingerprint density at radius 1 is 1.19 bits per heavy atom. The second-order valence-corrected chi connectivity index (χ2v) is 6.20. The molecule has 110 valence electrons. The fourth-order valence-electron chi connectivity index (χ4n) is 3.13. The highest BCUT2D eigenvalue weighted by molar-refractivity contribution is 6.30. The average Bonchev–Trinajstić information content (AvgIpc) is 2.50. The maximum absolute atomic E-state index is 13.2. The summed E-state index contributed by atoms with van der Waals surface area (Å²) < 4.78 is 13.2. The molecule has 0 heterocycles. The standard InChI is InChI=1S/C18H18ClFO/c19-16-9-12(5-8-17(16)20)10-18(21)15-7-6-13-3-1-2-4-14(13)11-15/h1-5,8-9,15,18,21H,6-7,10-11H2. The lowest BCUT2D eigenvalue weighted by atomic mass is 9.79. The van der Waals surface area contributed by atoms with Crippen LogP contribution in [0.25, 0.3) is 0 Å². The third kappa shape index (κ3) is 3.28. The van der Waals surface area contributed by atoms with Gasteiger partial charge in [-0.25, -0.2) is 4.39 Å². The van der Waals surface area contributed by atoms with Crippen molar-refractivity contribution in [2.75, 3.05) is 0 Å². The molecule has 1 N–H and O–H groups in total. The first-order chi connectivity index (χ1) is 10.1. The zero-order valence-corrected chi connectivity index (χ0v) is 12.5. The summed E-state index contributed by atoms with van der Waals surface area (Å²) in [6, 6.07) is 13.1. The summed E-state index contributed by atoms with van der Waals surface area (Å²) in [6.45, 7) is 0. The van der Waals surface area contributed by atoms with Gasteiger partial charge in [0.2, 0.25) is 0 Å². The lowest BCUT2D eigenvalue weighted by Crippen LogP contribution is -2.28. The lowest BCUT2D eigenvalue weighted by molar-refractivity contribution is 0.0993. The summed E-state index contributed by atoms with van der Waals surface area (Å²) in [5.74, 6) is -0.162. The van der Waals surface area contributed by atoms with Gasteiger partial charge in [0.1, 0.15) is 5.82 Å². The minimum atomic E-state index is -0.417. The molecule has 3 heteroatoms. The van der Waals surface area contributed by atoms with Crippen molar-refractivity contribution in [3.8, 4) is 0 Å². The highest BCUT2D eigenvalue weighted by Gasteiger charge is 2.24. The molecule has 1 aliphatic carbocycles. The van der Waals surface area contributed by atoms with E-state index in [1.54, 1.807) is 12.1 Å². The molecule has 0 aromatic heterocycles. The lowest BCUT2D eigenvalue weighted by Gasteiger charge is -2.28. The van der Waals surface area contributed by atoms with Crippen LogP contribution in [-0.4, -0.2) is 11.2 Å². The first-order valence-corrected chi connectivity index (χ1v) is 7.70. The highest BCUT2D eigenvalue weighted by Crippen LogP contribution is 2.29. The molecule has 0 bridgehead atoms. The largest absolute Gasteiger partial charge is 0.392 e. The van der Waals surface area contributed by atoms with Gasteiger partial charge >= 0.3 is 0 Å². The predicted molar refractivity (Wildman–Crippen MR) is 83.1 cm³/mol. The van der Waals surface area contributed by atoms with Crippen LogP contribution < -0.4 is 0 Å². The molecule has 2 atom stereocenters. The normalized spacial score (nSPS) is 19.1. The van der Waals surface area contributed by atoms with Crippen molar-refractivity contribution in [2.24, 2.45) is 5.92 Å². The third-order valence-electron chi connectivity index (χ3n) is 4.36. The molecule has 2 aromatic rings. The van der Waals surface area contributed by atoms with E-state index in [9.17, 15) is 9.50 Å². The minimum absolute atomic E-state index is 0.119. The Bertz CT molecular complexity index is 641. The van der Waals surface area contributed by atoms with Crippen LogP contribution in [-0.2, 0) is 19.3 Å². The van der Waals surface area contributed by atoms with E-state index in [0.29, 0.717) is 6.42 Å². The molecule has 21 heavy (non-hydrogen) atoms. The summed E-state index contributed by atoms with van der Waals surface area (Å²) in [7, 11) is 0. The van der Waals surface area contributed by atoms with E-state index in [0.717, 1.165) is 24.8 Å². The number of fused-ring (bicyclic) bond motifs is 1. The van der Waals surface area contributed by atoms with Crippen LogP contribution in [0.5, 0.6) is 0 Å². The number of rotatable bonds is 3. The van der Waals surface area contributed by atoms with Crippen LogP contribution in [0.4, 0.5) is 4.39 Å². The smallest absolute Gasteiger partial charge is 0.141 e. The van der Waals surface area contributed by atoms with Gasteiger partial charge < -0.3 is 5.11 Å². The van der Waals surface area contributed by atoms with Gasteiger partial charge in [0.15, 0.2) is 0 Å². The number of aliphatic hydroxyl groups is 1. The molecule has 0 amide bonds. The van der Waals surface area contributed by atoms with Crippen molar-refractivity contribution in [1.29, 1.82) is 0 Å². The number of halogens is 2. The van der Waals surface area contributed by atoms with Crippen LogP contribution >= 0.6 is 11.6 Å². The van der Waals surface area contributed by atoms with Gasteiger partial charge in [0, 0.05) is 0 Å². The first kappa shape index (κ1) is 14.6. The Hall–Kier alpha value is -1.38. The average molecular weight is 305 g/mol. The second-order valence-electron chi connectivity index (χ2n) is 5.79. The predicted octanol–water partition coefficient (Wildman–Crippen LogP) is 4.19. The molecule has 1 aliphatic rings. The summed E-state index contributed by atoms with van der Waals surface area (Å²) in [4.78, 5) is 0. The van der Waals surface area contributed by atoms with Gasteiger partial charge in [-0.15, -0.1) is 0 Å². The topological polar surface area (TPSA) is 20.2 Å². The van der Waals surface area contributed by atoms with E-state index in [1.165, 1.54) is 17.2 Å². The SMILES string of the molecule is OC(Cc1ccc(F)c(Cl)c1)C1CCc2ccccc2C1. The Balaban J connectivity index is 1.69. The van der Waals surface area contributed by atoms with Crippen LogP contribution in [0.2, 0.25) is 5.02 Å². The van der Waals surface area contributed by atoms with Gasteiger partial charge in [-0.1, -0.05) is 41.9 Å². The molecule has 0 fully saturated rings. The van der Waals surface area contributed by atoms with Crippen molar-refractivity contribution in [3.63, 3.8) is 0 Å². The minimum Gasteiger partial charge on any atom is -0.392 e. The van der Waals surface area contributed by atoms with Crippen LogP contribution in [0.1, 0.15) is 23.1 Å². The van der Waals surface area contributed by atoms with E-state index in [1.807, 2.05) is 6.07 Å². The molecule has 0 saturated heterocycles. The Kier molecular flexibility index (Phi) is 4.27. The number of benzene rings is 2. The van der Waals surface area contributed by atoms with E-state index < -0.39 is 11.9 Å². The van der Waals surface area contributed by atoms with Crippen molar-refractivity contribution in [3.05, 3.63) is 70.0 Å². The van der Waals surface area contributed by atoms with Crippen molar-refractivity contribution < 1.29 is 9.50 Å². The van der Waals surface area contributed by atoms with E-state index in [-0.39, 0.29) is 10.9 Å². The third-order valence-corrected chi connectivity index (χ3v) is 4.65. The van der Waals surface area contributed by atoms with Gasteiger partial charge in [0.05, 0.1) is 11.1 Å². The molecule has 0 spiro atoms. The zero-order valence-electron chi connectivity index (χ0n) is 11.7. The summed E-state index contributed by atoms with van der Waals surface area (Å²) in [5, 5.41) is 10.6. The van der Waals surface area contributed by atoms with Gasteiger partial charge in [-0.3, -0.25) is 0 Å². The first-order valence-electron chi connectivity index (χ1n) is 7.32. The maximum Gasteiger partial charge on any atom is 0.141 e. The second kappa shape index (κ2) is 6.17. The molecular weight excluding hydrogens is 287 g/mol. The van der Waals surface area contributed by atoms with Gasteiger partial charge in [0.25, 0.3) is 0 Å². The van der Waals surface area contributed by atoms with E-state index >= 15 is 0 Å². The van der Waals surface area contributed by atoms with E-state index in [4.69, 9.17) is 11.6 Å². The Morgan fingerprint density at radius 3 is 2.71 bits per heavy atom. The molecule has 2 aromatic carbocycles. The summed E-state index contributed by atoms with van der Waals surface area (Å²) >= 11 is 5.79. The molecule has 0 radical (unpaired) electrons. The summed E-state index contributed by atoms with van der Waals surface area (Å²) in [5.41, 5.74) is 3.61. The van der Waals surface area contributed by atoms with Crippen molar-refractivity contribution >= 4 is 11.6 Å². The number of hydrogen-bond acceptors (Lipinski definition) is 1. The van der Waals surface area contributed by atoms with Crippen molar-refractivity contribution in [2.45, 2.75) is 31.8 Å². The molecule has 1 nitrogen and oxygen atoms in total. The highest BCUT2D eigenvalue weighted by atomic mass is 35.5. The summed E-state index contributed by atoms with van der Waals surface area (Å²) in [6.07, 6.45) is 3.02. The quantitative estimate of drug-likeness (QED) is 0.901. The number of hydrogen-bond donors (Lipinski definition) is 1.